The van der Waals surface area contributed by atoms with Gasteiger partial charge in [-0.2, -0.15) is 0 Å². The van der Waals surface area contributed by atoms with Crippen molar-refractivity contribution in [3.05, 3.63) is 23.8 Å². The quantitative estimate of drug-likeness (QED) is 0.798. The zero-order valence-electron chi connectivity index (χ0n) is 12.9. The number of aryl methyl sites for hydroxylation is 1. The Morgan fingerprint density at radius 1 is 1.23 bits per heavy atom. The summed E-state index contributed by atoms with van der Waals surface area (Å²) in [6.45, 7) is 1.94. The van der Waals surface area contributed by atoms with E-state index in [2.05, 4.69) is 10.6 Å². The average Bonchev–Trinajstić information content (AvgIpc) is 2.48. The number of anilines is 1. The highest BCUT2D eigenvalue weighted by Gasteiger charge is 2.26. The van der Waals surface area contributed by atoms with Gasteiger partial charge in [-0.1, -0.05) is 6.07 Å². The van der Waals surface area contributed by atoms with E-state index in [1.165, 1.54) is 0 Å². The number of amides is 2. The van der Waals surface area contributed by atoms with Crippen molar-refractivity contribution in [1.29, 1.82) is 0 Å². The Bertz CT molecular complexity index is 551. The molecule has 0 saturated heterocycles. The molecule has 1 aromatic rings. The number of ether oxygens (including phenoxy) is 1. The summed E-state index contributed by atoms with van der Waals surface area (Å²) in [5.41, 5.74) is 1.65. The van der Waals surface area contributed by atoms with E-state index in [0.717, 1.165) is 5.56 Å². The van der Waals surface area contributed by atoms with Gasteiger partial charge in [-0.3, -0.25) is 4.79 Å². The Morgan fingerprint density at radius 3 is 2.50 bits per heavy atom. The summed E-state index contributed by atoms with van der Waals surface area (Å²) in [7, 11) is 1.56. The highest BCUT2D eigenvalue weighted by atomic mass is 16.5. The zero-order chi connectivity index (χ0) is 16.1. The van der Waals surface area contributed by atoms with Crippen LogP contribution in [-0.4, -0.2) is 30.3 Å². The summed E-state index contributed by atoms with van der Waals surface area (Å²) in [6, 6.07) is 5.30. The van der Waals surface area contributed by atoms with Gasteiger partial charge in [0.05, 0.1) is 18.7 Å². The van der Waals surface area contributed by atoms with Crippen molar-refractivity contribution in [3.8, 4) is 5.75 Å². The van der Waals surface area contributed by atoms with E-state index in [1.54, 1.807) is 7.11 Å². The molecule has 1 aliphatic rings. The molecular formula is C16H22N2O4. The van der Waals surface area contributed by atoms with E-state index in [4.69, 9.17) is 9.84 Å². The number of benzene rings is 1. The molecule has 6 heteroatoms. The summed E-state index contributed by atoms with van der Waals surface area (Å²) in [6.07, 6.45) is 2.59. The Balaban J connectivity index is 1.89. The predicted molar refractivity (Wildman–Crippen MR) is 83.3 cm³/mol. The number of carbonyl (C=O) groups is 2. The molecule has 2 amide bonds. The van der Waals surface area contributed by atoms with Gasteiger partial charge < -0.3 is 20.5 Å². The first kappa shape index (κ1) is 16.1. The fourth-order valence-electron chi connectivity index (χ4n) is 2.75. The Morgan fingerprint density at radius 2 is 1.91 bits per heavy atom. The van der Waals surface area contributed by atoms with E-state index >= 15 is 0 Å². The highest BCUT2D eigenvalue weighted by Crippen LogP contribution is 2.26. The van der Waals surface area contributed by atoms with Gasteiger partial charge in [-0.15, -0.1) is 0 Å². The average molecular weight is 306 g/mol. The monoisotopic (exact) mass is 306 g/mol. The Labute approximate surface area is 129 Å². The molecule has 1 aromatic carbocycles. The Hall–Kier alpha value is -2.24. The molecule has 6 nitrogen and oxygen atoms in total. The minimum absolute atomic E-state index is 0.0198. The molecule has 0 atom stereocenters. The lowest BCUT2D eigenvalue weighted by molar-refractivity contribution is -0.142. The second kappa shape index (κ2) is 7.15. The lowest BCUT2D eigenvalue weighted by atomic mass is 9.86. The zero-order valence-corrected chi connectivity index (χ0v) is 12.9. The van der Waals surface area contributed by atoms with Crippen molar-refractivity contribution in [1.82, 2.24) is 5.32 Å². The molecule has 0 spiro atoms. The van der Waals surface area contributed by atoms with E-state index in [0.29, 0.717) is 37.1 Å². The van der Waals surface area contributed by atoms with Crippen molar-refractivity contribution in [2.45, 2.75) is 38.6 Å². The summed E-state index contributed by atoms with van der Waals surface area (Å²) in [5.74, 6) is -0.416. The number of urea groups is 1. The van der Waals surface area contributed by atoms with E-state index in [9.17, 15) is 9.59 Å². The molecule has 1 aliphatic carbocycles. The number of aliphatic carboxylic acids is 1. The fourth-order valence-corrected chi connectivity index (χ4v) is 2.75. The summed E-state index contributed by atoms with van der Waals surface area (Å²) >= 11 is 0. The van der Waals surface area contributed by atoms with Gasteiger partial charge in [0.25, 0.3) is 0 Å². The molecular weight excluding hydrogens is 284 g/mol. The van der Waals surface area contributed by atoms with Crippen LogP contribution in [0.2, 0.25) is 0 Å². The molecule has 22 heavy (non-hydrogen) atoms. The van der Waals surface area contributed by atoms with Crippen LogP contribution in [0.25, 0.3) is 0 Å². The number of carbonyl (C=O) groups excluding carboxylic acids is 1. The maximum Gasteiger partial charge on any atom is 0.319 e. The summed E-state index contributed by atoms with van der Waals surface area (Å²) < 4.78 is 5.22. The van der Waals surface area contributed by atoms with Crippen LogP contribution in [0.1, 0.15) is 31.2 Å². The van der Waals surface area contributed by atoms with Crippen molar-refractivity contribution in [2.24, 2.45) is 5.92 Å². The van der Waals surface area contributed by atoms with Crippen molar-refractivity contribution in [2.75, 3.05) is 12.4 Å². The van der Waals surface area contributed by atoms with Crippen LogP contribution in [0.3, 0.4) is 0 Å². The number of hydrogen-bond donors (Lipinski definition) is 3. The third kappa shape index (κ3) is 4.13. The van der Waals surface area contributed by atoms with Crippen molar-refractivity contribution in [3.63, 3.8) is 0 Å². The van der Waals surface area contributed by atoms with Crippen molar-refractivity contribution < 1.29 is 19.4 Å². The third-order valence-electron chi connectivity index (χ3n) is 4.01. The number of methoxy groups -OCH3 is 1. The summed E-state index contributed by atoms with van der Waals surface area (Å²) in [4.78, 5) is 23.0. The van der Waals surface area contributed by atoms with Gasteiger partial charge in [0.2, 0.25) is 0 Å². The van der Waals surface area contributed by atoms with Crippen LogP contribution in [-0.2, 0) is 4.79 Å². The lowest BCUT2D eigenvalue weighted by Gasteiger charge is -2.27. The van der Waals surface area contributed by atoms with Gasteiger partial charge >= 0.3 is 12.0 Å². The molecule has 0 heterocycles. The highest BCUT2D eigenvalue weighted by molar-refractivity contribution is 5.91. The number of rotatable bonds is 4. The van der Waals surface area contributed by atoms with Crippen LogP contribution in [0.15, 0.2) is 18.2 Å². The normalized spacial score (nSPS) is 21.0. The second-order valence-electron chi connectivity index (χ2n) is 5.69. The van der Waals surface area contributed by atoms with Crippen LogP contribution in [0.4, 0.5) is 10.5 Å². The molecule has 0 radical (unpaired) electrons. The number of carboxylic acids is 1. The smallest absolute Gasteiger partial charge is 0.319 e. The van der Waals surface area contributed by atoms with Crippen molar-refractivity contribution >= 4 is 17.7 Å². The number of carboxylic acid groups (broad SMARTS) is 1. The predicted octanol–water partition coefficient (Wildman–Crippen LogP) is 2.77. The maximum absolute atomic E-state index is 12.1. The maximum atomic E-state index is 12.1. The van der Waals surface area contributed by atoms with Gasteiger partial charge in [0, 0.05) is 6.04 Å². The van der Waals surface area contributed by atoms with Gasteiger partial charge in [-0.25, -0.2) is 4.79 Å². The first-order valence-corrected chi connectivity index (χ1v) is 7.44. The molecule has 120 valence electrons. The summed E-state index contributed by atoms with van der Waals surface area (Å²) in [5, 5.41) is 14.7. The van der Waals surface area contributed by atoms with Crippen LogP contribution < -0.4 is 15.4 Å². The molecule has 3 N–H and O–H groups in total. The number of nitrogens with one attached hydrogen (secondary N) is 2. The first-order chi connectivity index (χ1) is 10.5. The largest absolute Gasteiger partial charge is 0.495 e. The molecule has 0 unspecified atom stereocenters. The topological polar surface area (TPSA) is 87.7 Å². The molecule has 0 aromatic heterocycles. The van der Waals surface area contributed by atoms with Gasteiger partial charge in [0.15, 0.2) is 0 Å². The molecule has 1 fully saturated rings. The minimum Gasteiger partial charge on any atom is -0.495 e. The molecule has 1 saturated carbocycles. The lowest BCUT2D eigenvalue weighted by Crippen LogP contribution is -2.41. The third-order valence-corrected chi connectivity index (χ3v) is 4.01. The standard InChI is InChI=1S/C16H22N2O4/c1-10-3-8-14(22-2)13(9-10)18-16(21)17-12-6-4-11(5-7-12)15(19)20/h3,8-9,11-12H,4-7H2,1-2H3,(H,19,20)(H2,17,18,21). The van der Waals surface area contributed by atoms with E-state index in [1.807, 2.05) is 25.1 Å². The van der Waals surface area contributed by atoms with E-state index in [-0.39, 0.29) is 18.0 Å². The Kier molecular flexibility index (Phi) is 5.25. The molecule has 0 bridgehead atoms. The molecule has 0 aliphatic heterocycles. The van der Waals surface area contributed by atoms with Crippen LogP contribution in [0.5, 0.6) is 5.75 Å². The fraction of sp³-hybridized carbons (Fsp3) is 0.500. The SMILES string of the molecule is COc1ccc(C)cc1NC(=O)NC1CCC(C(=O)O)CC1. The molecule has 2 rings (SSSR count). The van der Waals surface area contributed by atoms with Gasteiger partial charge in [0.1, 0.15) is 5.75 Å². The van der Waals surface area contributed by atoms with Crippen LogP contribution in [0, 0.1) is 12.8 Å². The number of hydrogen-bond acceptors (Lipinski definition) is 3. The van der Waals surface area contributed by atoms with Gasteiger partial charge in [-0.05, 0) is 50.3 Å². The second-order valence-corrected chi connectivity index (χ2v) is 5.69. The van der Waals surface area contributed by atoms with Crippen LogP contribution >= 0.6 is 0 Å². The first-order valence-electron chi connectivity index (χ1n) is 7.44. The van der Waals surface area contributed by atoms with E-state index < -0.39 is 5.97 Å². The minimum atomic E-state index is -0.743.